The Hall–Kier alpha value is -2.82. The van der Waals surface area contributed by atoms with Crippen molar-refractivity contribution in [1.29, 1.82) is 0 Å². The fourth-order valence-electron chi connectivity index (χ4n) is 2.49. The van der Waals surface area contributed by atoms with Crippen molar-refractivity contribution in [1.82, 2.24) is 0 Å². The van der Waals surface area contributed by atoms with Gasteiger partial charge in [-0.15, -0.1) is 0 Å². The minimum absolute atomic E-state index is 0.407. The molecular formula is C17H14O5. The maximum Gasteiger partial charge on any atom is 0.336 e. The molecule has 0 aliphatic heterocycles. The molecule has 0 atom stereocenters. The number of hydrogen-bond donors (Lipinski definition) is 0. The molecule has 0 fully saturated rings. The molecule has 3 aromatic rings. The first-order valence-electron chi connectivity index (χ1n) is 6.88. The Balaban J connectivity index is 2.30. The number of carbonyl (C=O) groups excluding carboxylic acids is 1. The Kier molecular flexibility index (Phi) is 3.55. The zero-order valence-corrected chi connectivity index (χ0v) is 12.2. The van der Waals surface area contributed by atoms with Crippen molar-refractivity contribution in [3.63, 3.8) is 0 Å². The number of esters is 1. The zero-order valence-electron chi connectivity index (χ0n) is 12.2. The third kappa shape index (κ3) is 2.30. The molecular weight excluding hydrogens is 284 g/mol. The van der Waals surface area contributed by atoms with Crippen LogP contribution in [-0.4, -0.2) is 13.1 Å². The van der Waals surface area contributed by atoms with Crippen LogP contribution in [-0.2, 0) is 16.0 Å². The van der Waals surface area contributed by atoms with E-state index in [4.69, 9.17) is 8.83 Å². The fraction of sp³-hybridized carbons (Fsp3) is 0.176. The zero-order chi connectivity index (χ0) is 15.7. The van der Waals surface area contributed by atoms with Gasteiger partial charge in [0.15, 0.2) is 0 Å². The van der Waals surface area contributed by atoms with Gasteiger partial charge in [0.25, 0.3) is 0 Å². The monoisotopic (exact) mass is 298 g/mol. The first-order chi connectivity index (χ1) is 10.6. The molecule has 5 nitrogen and oxygen atoms in total. The minimum atomic E-state index is -0.459. The van der Waals surface area contributed by atoms with Gasteiger partial charge in [0.1, 0.15) is 16.9 Å². The van der Waals surface area contributed by atoms with Crippen LogP contribution < -0.4 is 5.63 Å². The van der Waals surface area contributed by atoms with E-state index in [-0.39, 0.29) is 0 Å². The van der Waals surface area contributed by atoms with Crippen LogP contribution in [0.5, 0.6) is 0 Å². The van der Waals surface area contributed by atoms with Gasteiger partial charge in [-0.25, -0.2) is 9.59 Å². The van der Waals surface area contributed by atoms with E-state index in [1.54, 1.807) is 12.1 Å². The van der Waals surface area contributed by atoms with Crippen LogP contribution in [0.4, 0.5) is 0 Å². The van der Waals surface area contributed by atoms with Gasteiger partial charge in [-0.1, -0.05) is 6.92 Å². The molecule has 0 aliphatic carbocycles. The quantitative estimate of drug-likeness (QED) is 0.421. The van der Waals surface area contributed by atoms with Crippen LogP contribution >= 0.6 is 0 Å². The highest BCUT2D eigenvalue weighted by Gasteiger charge is 2.15. The molecule has 0 aliphatic rings. The van der Waals surface area contributed by atoms with Gasteiger partial charge in [0.05, 0.1) is 12.5 Å². The molecule has 0 saturated carbocycles. The Morgan fingerprint density at radius 2 is 2.00 bits per heavy atom. The molecule has 112 valence electrons. The molecule has 0 bridgehead atoms. The number of aryl methyl sites for hydroxylation is 1. The molecule has 1 aromatic carbocycles. The second kappa shape index (κ2) is 5.52. The summed E-state index contributed by atoms with van der Waals surface area (Å²) < 4.78 is 15.7. The van der Waals surface area contributed by atoms with E-state index < -0.39 is 11.6 Å². The number of ether oxygens (including phenoxy) is 1. The van der Waals surface area contributed by atoms with Crippen molar-refractivity contribution in [3.8, 4) is 0 Å². The first kappa shape index (κ1) is 14.1. The topological polar surface area (TPSA) is 69.7 Å². The standard InChI is InChI=1S/C17H14O5/c1-3-11-12(7-9-14(18)20-2)21-13-6-4-10-5-8-15(19)22-17(10)16(11)13/h4-9H,3H2,1-2H3/b9-7+. The SMILES string of the molecule is CCc1c(/C=C/C(=O)OC)oc2ccc3ccc(=O)oc3c12. The maximum absolute atomic E-state index is 11.5. The Bertz CT molecular complexity index is 943. The van der Waals surface area contributed by atoms with E-state index in [1.807, 2.05) is 19.1 Å². The van der Waals surface area contributed by atoms with Crippen LogP contribution in [0.2, 0.25) is 0 Å². The van der Waals surface area contributed by atoms with E-state index in [0.717, 1.165) is 16.3 Å². The molecule has 0 unspecified atom stereocenters. The Morgan fingerprint density at radius 3 is 2.73 bits per heavy atom. The van der Waals surface area contributed by atoms with Crippen LogP contribution in [0.1, 0.15) is 18.2 Å². The van der Waals surface area contributed by atoms with Crippen molar-refractivity contribution in [2.45, 2.75) is 13.3 Å². The van der Waals surface area contributed by atoms with E-state index in [9.17, 15) is 9.59 Å². The summed E-state index contributed by atoms with van der Waals surface area (Å²) >= 11 is 0. The number of furan rings is 1. The van der Waals surface area contributed by atoms with Crippen LogP contribution in [0.25, 0.3) is 28.0 Å². The lowest BCUT2D eigenvalue weighted by molar-refractivity contribution is -0.134. The second-order valence-electron chi connectivity index (χ2n) is 4.77. The lowest BCUT2D eigenvalue weighted by Gasteiger charge is -1.99. The van der Waals surface area contributed by atoms with Crippen molar-refractivity contribution < 1.29 is 18.4 Å². The second-order valence-corrected chi connectivity index (χ2v) is 4.77. The highest BCUT2D eigenvalue weighted by Crippen LogP contribution is 2.33. The molecule has 0 N–H and O–H groups in total. The number of benzene rings is 1. The molecule has 2 aromatic heterocycles. The highest BCUT2D eigenvalue weighted by molar-refractivity contribution is 6.05. The summed E-state index contributed by atoms with van der Waals surface area (Å²) in [6, 6.07) is 6.76. The predicted molar refractivity (Wildman–Crippen MR) is 82.7 cm³/mol. The first-order valence-corrected chi connectivity index (χ1v) is 6.88. The predicted octanol–water partition coefficient (Wildman–Crippen LogP) is 3.29. The Morgan fingerprint density at radius 1 is 1.23 bits per heavy atom. The third-order valence-electron chi connectivity index (χ3n) is 3.50. The number of rotatable bonds is 3. The molecule has 0 radical (unpaired) electrons. The van der Waals surface area contributed by atoms with E-state index >= 15 is 0 Å². The lowest BCUT2D eigenvalue weighted by Crippen LogP contribution is -1.95. The molecule has 22 heavy (non-hydrogen) atoms. The smallest absolute Gasteiger partial charge is 0.336 e. The van der Waals surface area contributed by atoms with E-state index in [2.05, 4.69) is 4.74 Å². The summed E-state index contributed by atoms with van der Waals surface area (Å²) in [6.45, 7) is 1.97. The number of carbonyl (C=O) groups is 1. The largest absolute Gasteiger partial charge is 0.466 e. The molecule has 5 heteroatoms. The van der Waals surface area contributed by atoms with Crippen LogP contribution in [0, 0.1) is 0 Å². The van der Waals surface area contributed by atoms with Gasteiger partial charge in [0.2, 0.25) is 0 Å². The maximum atomic E-state index is 11.5. The van der Waals surface area contributed by atoms with Crippen LogP contribution in [0.15, 0.2) is 44.0 Å². The average Bonchev–Trinajstić information content (AvgIpc) is 2.90. The third-order valence-corrected chi connectivity index (χ3v) is 3.50. The van der Waals surface area contributed by atoms with E-state index in [1.165, 1.54) is 19.3 Å². The van der Waals surface area contributed by atoms with Gasteiger partial charge in [0, 0.05) is 23.1 Å². The van der Waals surface area contributed by atoms with Crippen molar-refractivity contribution in [2.75, 3.05) is 7.11 Å². The summed E-state index contributed by atoms with van der Waals surface area (Å²) in [5, 5.41) is 1.59. The van der Waals surface area contributed by atoms with E-state index in [0.29, 0.717) is 23.3 Å². The highest BCUT2D eigenvalue weighted by atomic mass is 16.5. The number of fused-ring (bicyclic) bond motifs is 3. The van der Waals surface area contributed by atoms with Gasteiger partial charge in [-0.3, -0.25) is 0 Å². The van der Waals surface area contributed by atoms with Gasteiger partial charge >= 0.3 is 11.6 Å². The average molecular weight is 298 g/mol. The molecule has 2 heterocycles. The number of methoxy groups -OCH3 is 1. The van der Waals surface area contributed by atoms with Crippen molar-refractivity contribution in [2.24, 2.45) is 0 Å². The number of hydrogen-bond acceptors (Lipinski definition) is 5. The van der Waals surface area contributed by atoms with Gasteiger partial charge in [-0.2, -0.15) is 0 Å². The van der Waals surface area contributed by atoms with Gasteiger partial charge < -0.3 is 13.6 Å². The molecule has 0 spiro atoms. The molecule has 3 rings (SSSR count). The van der Waals surface area contributed by atoms with Gasteiger partial charge in [-0.05, 0) is 30.7 Å². The lowest BCUT2D eigenvalue weighted by atomic mass is 10.1. The van der Waals surface area contributed by atoms with Crippen molar-refractivity contribution >= 4 is 34.0 Å². The summed E-state index contributed by atoms with van der Waals surface area (Å²) in [6.07, 6.45) is 3.54. The normalized spacial score (nSPS) is 11.5. The summed E-state index contributed by atoms with van der Waals surface area (Å²) in [5.74, 6) is 0.0980. The summed E-state index contributed by atoms with van der Waals surface area (Å²) in [4.78, 5) is 22.8. The fourth-order valence-corrected chi connectivity index (χ4v) is 2.49. The minimum Gasteiger partial charge on any atom is -0.466 e. The summed E-state index contributed by atoms with van der Waals surface area (Å²) in [5.41, 5.74) is 1.59. The Labute approximate surface area is 125 Å². The summed E-state index contributed by atoms with van der Waals surface area (Å²) in [7, 11) is 1.31. The van der Waals surface area contributed by atoms with Crippen molar-refractivity contribution in [3.05, 3.63) is 52.1 Å². The molecule has 0 amide bonds. The molecule has 0 saturated heterocycles. The van der Waals surface area contributed by atoms with Crippen LogP contribution in [0.3, 0.4) is 0 Å².